The number of hydrogen-bond donors (Lipinski definition) is 0. The van der Waals surface area contributed by atoms with Crippen LogP contribution in [-0.2, 0) is 16.1 Å². The summed E-state index contributed by atoms with van der Waals surface area (Å²) in [4.78, 5) is 31.3. The number of hydrogen-bond acceptors (Lipinski definition) is 3. The van der Waals surface area contributed by atoms with Gasteiger partial charge in [0.15, 0.2) is 11.6 Å². The second-order valence-corrected chi connectivity index (χ2v) is 14.9. The van der Waals surface area contributed by atoms with Crippen LogP contribution in [0.4, 0.5) is 0 Å². The quantitative estimate of drug-likeness (QED) is 0.320. The molecule has 4 aliphatic rings. The van der Waals surface area contributed by atoms with Gasteiger partial charge in [0, 0.05) is 71.0 Å². The van der Waals surface area contributed by atoms with Gasteiger partial charge in [-0.3, -0.25) is 9.59 Å². The molecule has 0 spiro atoms. The summed E-state index contributed by atoms with van der Waals surface area (Å²) in [7, 11) is 0. The molecule has 0 atom stereocenters. The molecule has 42 heavy (non-hydrogen) atoms. The number of benzene rings is 2. The summed E-state index contributed by atoms with van der Waals surface area (Å²) in [6.45, 7) is 9.73. The average Bonchev–Trinajstić information content (AvgIpc) is 3.29. The maximum absolute atomic E-state index is 14.4. The number of aromatic nitrogens is 1. The van der Waals surface area contributed by atoms with Crippen LogP contribution in [0.25, 0.3) is 10.9 Å². The molecule has 2 aromatic carbocycles. The minimum atomic E-state index is -0.302. The van der Waals surface area contributed by atoms with E-state index in [1.54, 1.807) is 0 Å². The predicted octanol–water partition coefficient (Wildman–Crippen LogP) is 8.71. The number of rotatable bonds is 4. The highest BCUT2D eigenvalue weighted by Crippen LogP contribution is 2.56. The molecule has 0 radical (unpaired) electrons. The van der Waals surface area contributed by atoms with Gasteiger partial charge in [0.1, 0.15) is 0 Å². The fourth-order valence-corrected chi connectivity index (χ4v) is 8.50. The number of allylic oxidation sites excluding steroid dienone is 4. The van der Waals surface area contributed by atoms with Crippen LogP contribution in [0.15, 0.2) is 83.3 Å². The third-order valence-corrected chi connectivity index (χ3v) is 10.2. The molecule has 3 aromatic rings. The lowest BCUT2D eigenvalue weighted by atomic mass is 9.63. The smallest absolute Gasteiger partial charge is 0.162 e. The molecule has 0 bridgehead atoms. The van der Waals surface area contributed by atoms with Gasteiger partial charge >= 0.3 is 0 Å². The third kappa shape index (κ3) is 4.68. The normalized spacial score (nSPS) is 23.0. The number of para-hydroxylation sites is 1. The van der Waals surface area contributed by atoms with Gasteiger partial charge in [0.05, 0.1) is 0 Å². The Morgan fingerprint density at radius 3 is 1.90 bits per heavy atom. The second-order valence-electron chi connectivity index (χ2n) is 14.9. The Kier molecular flexibility index (Phi) is 6.60. The van der Waals surface area contributed by atoms with E-state index >= 15 is 0 Å². The molecule has 2 heterocycles. The van der Waals surface area contributed by atoms with Gasteiger partial charge in [-0.2, -0.15) is 0 Å². The highest BCUT2D eigenvalue weighted by molar-refractivity contribution is 6.08. The van der Waals surface area contributed by atoms with Crippen molar-refractivity contribution in [2.24, 2.45) is 10.8 Å². The van der Waals surface area contributed by atoms with Crippen LogP contribution < -0.4 is 0 Å². The summed E-state index contributed by atoms with van der Waals surface area (Å²) in [5, 5.41) is 1.15. The van der Waals surface area contributed by atoms with Gasteiger partial charge in [-0.25, -0.2) is 0 Å². The van der Waals surface area contributed by atoms with Crippen molar-refractivity contribution in [3.63, 3.8) is 0 Å². The van der Waals surface area contributed by atoms with Crippen molar-refractivity contribution in [2.75, 3.05) is 0 Å². The van der Waals surface area contributed by atoms with Crippen molar-refractivity contribution in [3.8, 4) is 0 Å². The highest BCUT2D eigenvalue weighted by atomic mass is 16.1. The van der Waals surface area contributed by atoms with E-state index in [0.717, 1.165) is 59.8 Å². The first-order chi connectivity index (χ1) is 20.1. The van der Waals surface area contributed by atoms with Crippen LogP contribution in [0.1, 0.15) is 103 Å². The van der Waals surface area contributed by atoms with E-state index < -0.39 is 0 Å². The molecule has 0 amide bonds. The zero-order valence-electron chi connectivity index (χ0n) is 25.7. The van der Waals surface area contributed by atoms with Crippen molar-refractivity contribution in [3.05, 3.63) is 94.5 Å². The molecule has 0 N–H and O–H groups in total. The third-order valence-electron chi connectivity index (χ3n) is 10.2. The van der Waals surface area contributed by atoms with Crippen LogP contribution in [0, 0.1) is 10.8 Å². The molecule has 4 heteroatoms. The van der Waals surface area contributed by atoms with E-state index in [1.165, 1.54) is 36.2 Å². The van der Waals surface area contributed by atoms with Crippen molar-refractivity contribution >= 4 is 22.5 Å². The molecule has 1 saturated carbocycles. The summed E-state index contributed by atoms with van der Waals surface area (Å²) in [6, 6.07) is 19.5. The number of fused-ring (bicyclic) bond motifs is 1. The van der Waals surface area contributed by atoms with E-state index in [-0.39, 0.29) is 28.3 Å². The minimum absolute atomic E-state index is 0.0963. The number of nitrogens with zero attached hydrogens (tertiary/aromatic N) is 2. The van der Waals surface area contributed by atoms with Gasteiger partial charge in [-0.1, -0.05) is 95.5 Å². The van der Waals surface area contributed by atoms with E-state index in [1.807, 2.05) is 0 Å². The molecule has 1 aliphatic heterocycles. The van der Waals surface area contributed by atoms with Crippen LogP contribution in [0.3, 0.4) is 0 Å². The molecular formula is C38H44N2O2. The number of carbonyl (C=O) groups is 2. The maximum Gasteiger partial charge on any atom is 0.162 e. The topological polar surface area (TPSA) is 42.3 Å². The lowest BCUT2D eigenvalue weighted by Crippen LogP contribution is -2.48. The largest absolute Gasteiger partial charge is 0.345 e. The van der Waals surface area contributed by atoms with Crippen LogP contribution >= 0.6 is 0 Å². The standard InChI is InChI=1S/C38H44N2O2/c1-37(2)19-30-35(32(41)21-37)34(28-24-39(23-25-13-7-5-8-14-25)29-18-12-11-17-27(28)29)36-31(20-38(3,4)22-33(36)42)40(30)26-15-9-6-10-16-26/h5,7-8,11-14,17-18,24,26,34H,6,9-10,15-16,19-23H2,1-4H3. The Balaban J connectivity index is 1.48. The summed E-state index contributed by atoms with van der Waals surface area (Å²) in [6.07, 6.45) is 11.1. The molecule has 7 rings (SSSR count). The first-order valence-corrected chi connectivity index (χ1v) is 16.1. The van der Waals surface area contributed by atoms with Gasteiger partial charge in [0.25, 0.3) is 0 Å². The zero-order chi connectivity index (χ0) is 29.2. The lowest BCUT2D eigenvalue weighted by molar-refractivity contribution is -0.119. The van der Waals surface area contributed by atoms with E-state index in [0.29, 0.717) is 18.9 Å². The van der Waals surface area contributed by atoms with Gasteiger partial charge in [0.2, 0.25) is 0 Å². The number of Topliss-reactive ketones (excluding diaryl/α,β-unsaturated/α-hetero) is 2. The van der Waals surface area contributed by atoms with Gasteiger partial charge in [-0.05, 0) is 53.7 Å². The summed E-state index contributed by atoms with van der Waals surface area (Å²) >= 11 is 0. The fourth-order valence-electron chi connectivity index (χ4n) is 8.50. The molecule has 3 aliphatic carbocycles. The van der Waals surface area contributed by atoms with E-state index in [9.17, 15) is 9.59 Å². The van der Waals surface area contributed by atoms with E-state index in [2.05, 4.69) is 98.0 Å². The Morgan fingerprint density at radius 1 is 0.714 bits per heavy atom. The zero-order valence-corrected chi connectivity index (χ0v) is 25.7. The van der Waals surface area contributed by atoms with Crippen LogP contribution in [-0.4, -0.2) is 27.1 Å². The molecule has 218 valence electrons. The monoisotopic (exact) mass is 560 g/mol. The molecule has 0 unspecified atom stereocenters. The Morgan fingerprint density at radius 2 is 1.29 bits per heavy atom. The lowest BCUT2D eigenvalue weighted by Gasteiger charge is -2.52. The summed E-state index contributed by atoms with van der Waals surface area (Å²) in [5.74, 6) is 0.163. The maximum atomic E-state index is 14.4. The second kappa shape index (κ2) is 10.1. The van der Waals surface area contributed by atoms with Gasteiger partial charge < -0.3 is 9.47 Å². The van der Waals surface area contributed by atoms with Crippen molar-refractivity contribution < 1.29 is 9.59 Å². The minimum Gasteiger partial charge on any atom is -0.345 e. The predicted molar refractivity (Wildman–Crippen MR) is 169 cm³/mol. The Labute approximate surface area is 250 Å². The summed E-state index contributed by atoms with van der Waals surface area (Å²) < 4.78 is 2.32. The molecule has 1 fully saturated rings. The van der Waals surface area contributed by atoms with Crippen molar-refractivity contribution in [1.82, 2.24) is 9.47 Å². The highest BCUT2D eigenvalue weighted by Gasteiger charge is 2.50. The molecular weight excluding hydrogens is 516 g/mol. The van der Waals surface area contributed by atoms with Crippen LogP contribution in [0.5, 0.6) is 0 Å². The average molecular weight is 561 g/mol. The molecule has 1 aromatic heterocycles. The number of carbonyl (C=O) groups excluding carboxylic acids is 2. The summed E-state index contributed by atoms with van der Waals surface area (Å²) in [5.41, 5.74) is 7.58. The van der Waals surface area contributed by atoms with Gasteiger partial charge in [-0.15, -0.1) is 0 Å². The Bertz CT molecular complexity index is 1570. The first kappa shape index (κ1) is 27.4. The fraction of sp³-hybridized carbons (Fsp3) is 0.474. The van der Waals surface area contributed by atoms with Crippen molar-refractivity contribution in [2.45, 2.75) is 104 Å². The first-order valence-electron chi connectivity index (χ1n) is 16.1. The number of ketones is 2. The SMILES string of the molecule is CC1(C)CC(=O)C2=C(C1)N(C1CCCCC1)C1=C(C(=O)CC(C)(C)C1)C2c1cn(Cc2ccccc2)c2ccccc12. The van der Waals surface area contributed by atoms with Crippen molar-refractivity contribution in [1.29, 1.82) is 0 Å². The van der Waals surface area contributed by atoms with E-state index in [4.69, 9.17) is 0 Å². The molecule has 4 nitrogen and oxygen atoms in total. The Hall–Kier alpha value is -3.40. The molecule has 0 saturated heterocycles. The van der Waals surface area contributed by atoms with Crippen LogP contribution in [0.2, 0.25) is 0 Å².